The minimum atomic E-state index is -0.0417. The summed E-state index contributed by atoms with van der Waals surface area (Å²) in [5, 5.41) is 10.1. The van der Waals surface area contributed by atoms with Crippen LogP contribution in [0.4, 0.5) is 0 Å². The molecule has 1 aliphatic heterocycles. The molecule has 1 aliphatic rings. The molecule has 2 aromatic rings. The summed E-state index contributed by atoms with van der Waals surface area (Å²) in [6.45, 7) is 7.42. The van der Waals surface area contributed by atoms with Gasteiger partial charge in [0.25, 0.3) is 5.91 Å². The highest BCUT2D eigenvalue weighted by molar-refractivity contribution is 7.98. The van der Waals surface area contributed by atoms with E-state index in [0.29, 0.717) is 29.6 Å². The first-order valence-corrected chi connectivity index (χ1v) is 9.43. The van der Waals surface area contributed by atoms with Crippen LogP contribution in [0.3, 0.4) is 0 Å². The number of nitrogens with one attached hydrogen (secondary N) is 2. The number of nitrogens with zero attached hydrogens (tertiary/aromatic N) is 3. The fourth-order valence-electron chi connectivity index (χ4n) is 2.68. The molecule has 0 atom stereocenters. The minimum absolute atomic E-state index is 0.0417. The molecular weight excluding hydrogens is 338 g/mol. The maximum Gasteiger partial charge on any atom is 0.252 e. The van der Waals surface area contributed by atoms with E-state index in [0.717, 1.165) is 37.6 Å². The average molecular weight is 361 g/mol. The first kappa shape index (κ1) is 17.9. The lowest BCUT2D eigenvalue weighted by molar-refractivity contribution is 0.0944. The number of carbonyl (C=O) groups excluding carboxylic acids is 1. The summed E-state index contributed by atoms with van der Waals surface area (Å²) < 4.78 is 5.13. The van der Waals surface area contributed by atoms with E-state index in [1.807, 2.05) is 24.3 Å². The molecule has 3 rings (SSSR count). The van der Waals surface area contributed by atoms with Crippen LogP contribution in [0.2, 0.25) is 0 Å². The molecule has 1 fully saturated rings. The largest absolute Gasteiger partial charge is 0.351 e. The van der Waals surface area contributed by atoms with E-state index in [4.69, 9.17) is 4.52 Å². The molecule has 0 unspecified atom stereocenters. The monoisotopic (exact) mass is 361 g/mol. The van der Waals surface area contributed by atoms with E-state index in [9.17, 15) is 4.79 Å². The van der Waals surface area contributed by atoms with Crippen LogP contribution >= 0.6 is 11.8 Å². The third-order valence-corrected chi connectivity index (χ3v) is 5.03. The quantitative estimate of drug-likeness (QED) is 0.719. The normalized spacial score (nSPS) is 15.2. The van der Waals surface area contributed by atoms with E-state index in [-0.39, 0.29) is 5.91 Å². The number of rotatable bonds is 7. The molecule has 25 heavy (non-hydrogen) atoms. The smallest absolute Gasteiger partial charge is 0.252 e. The summed E-state index contributed by atoms with van der Waals surface area (Å²) in [6, 6.07) is 7.60. The third kappa shape index (κ3) is 5.29. The van der Waals surface area contributed by atoms with Crippen molar-refractivity contribution in [3.8, 4) is 0 Å². The van der Waals surface area contributed by atoms with Crippen molar-refractivity contribution in [1.29, 1.82) is 0 Å². The van der Waals surface area contributed by atoms with E-state index in [2.05, 4.69) is 25.7 Å². The summed E-state index contributed by atoms with van der Waals surface area (Å²) in [6.07, 6.45) is 0. The molecule has 1 aromatic carbocycles. The van der Waals surface area contributed by atoms with Gasteiger partial charge in [-0.25, -0.2) is 0 Å². The zero-order valence-electron chi connectivity index (χ0n) is 14.3. The van der Waals surface area contributed by atoms with Crippen LogP contribution in [0.1, 0.15) is 22.1 Å². The second-order valence-corrected chi connectivity index (χ2v) is 6.88. The van der Waals surface area contributed by atoms with Crippen molar-refractivity contribution in [2.45, 2.75) is 17.6 Å². The molecular formula is C17H23N5O2S. The molecule has 1 saturated heterocycles. The third-order valence-electron chi connectivity index (χ3n) is 3.98. The van der Waals surface area contributed by atoms with Crippen LogP contribution in [0, 0.1) is 6.92 Å². The highest BCUT2D eigenvalue weighted by atomic mass is 32.2. The molecule has 2 heterocycles. The Kier molecular flexibility index (Phi) is 6.43. The number of aryl methyl sites for hydroxylation is 1. The topological polar surface area (TPSA) is 83.3 Å². The van der Waals surface area contributed by atoms with Gasteiger partial charge in [0.2, 0.25) is 5.89 Å². The van der Waals surface area contributed by atoms with Crippen molar-refractivity contribution in [3.05, 3.63) is 41.5 Å². The van der Waals surface area contributed by atoms with Gasteiger partial charge in [-0.2, -0.15) is 4.98 Å². The maximum absolute atomic E-state index is 12.5. The van der Waals surface area contributed by atoms with Crippen LogP contribution in [0.5, 0.6) is 0 Å². The summed E-state index contributed by atoms with van der Waals surface area (Å²) in [7, 11) is 0. The van der Waals surface area contributed by atoms with Crippen LogP contribution in [0.15, 0.2) is 33.7 Å². The first-order valence-electron chi connectivity index (χ1n) is 8.44. The van der Waals surface area contributed by atoms with E-state index < -0.39 is 0 Å². The van der Waals surface area contributed by atoms with E-state index in [1.54, 1.807) is 6.92 Å². The van der Waals surface area contributed by atoms with Crippen molar-refractivity contribution in [1.82, 2.24) is 25.7 Å². The van der Waals surface area contributed by atoms with Gasteiger partial charge in [0.05, 0.1) is 11.3 Å². The molecule has 0 aliphatic carbocycles. The fraction of sp³-hybridized carbons (Fsp3) is 0.471. The zero-order chi connectivity index (χ0) is 17.5. The van der Waals surface area contributed by atoms with Crippen LogP contribution in [-0.4, -0.2) is 60.2 Å². The Labute approximate surface area is 151 Å². The second-order valence-electron chi connectivity index (χ2n) is 5.87. The Bertz CT molecular complexity index is 700. The number of aromatic nitrogens is 2. The Morgan fingerprint density at radius 1 is 1.36 bits per heavy atom. The van der Waals surface area contributed by atoms with Gasteiger partial charge in [0.15, 0.2) is 5.82 Å². The molecule has 8 heteroatoms. The first-order chi connectivity index (χ1) is 12.2. The number of benzene rings is 1. The maximum atomic E-state index is 12.5. The number of hydrogen-bond donors (Lipinski definition) is 2. The van der Waals surface area contributed by atoms with Crippen molar-refractivity contribution in [2.75, 3.05) is 39.3 Å². The summed E-state index contributed by atoms with van der Waals surface area (Å²) >= 11 is 1.53. The Hall–Kier alpha value is -1.90. The highest BCUT2D eigenvalue weighted by Crippen LogP contribution is 2.25. The lowest BCUT2D eigenvalue weighted by Gasteiger charge is -2.27. The number of carbonyl (C=O) groups is 1. The highest BCUT2D eigenvalue weighted by Gasteiger charge is 2.14. The van der Waals surface area contributed by atoms with Crippen molar-refractivity contribution in [2.24, 2.45) is 0 Å². The standard InChI is InChI=1S/C17H23N5O2S/c1-13-20-16(24-21-13)12-25-15-5-3-2-4-14(15)17(23)19-8-11-22-9-6-18-7-10-22/h2-5,18H,6-12H2,1H3,(H,19,23). The molecule has 1 amide bonds. The Morgan fingerprint density at radius 2 is 2.16 bits per heavy atom. The molecule has 134 valence electrons. The van der Waals surface area contributed by atoms with Gasteiger partial charge in [-0.1, -0.05) is 17.3 Å². The van der Waals surface area contributed by atoms with Crippen LogP contribution in [0.25, 0.3) is 0 Å². The molecule has 0 spiro atoms. The van der Waals surface area contributed by atoms with Gasteiger partial charge in [0, 0.05) is 44.2 Å². The zero-order valence-corrected chi connectivity index (χ0v) is 15.1. The summed E-state index contributed by atoms with van der Waals surface area (Å²) in [5.41, 5.74) is 0.684. The Morgan fingerprint density at radius 3 is 2.92 bits per heavy atom. The molecule has 0 radical (unpaired) electrons. The van der Waals surface area contributed by atoms with Gasteiger partial charge >= 0.3 is 0 Å². The number of piperazine rings is 1. The minimum Gasteiger partial charge on any atom is -0.351 e. The molecule has 1 aromatic heterocycles. The lowest BCUT2D eigenvalue weighted by Crippen LogP contribution is -2.46. The predicted molar refractivity (Wildman–Crippen MR) is 96.7 cm³/mol. The second kappa shape index (κ2) is 8.98. The van der Waals surface area contributed by atoms with Crippen molar-refractivity contribution in [3.63, 3.8) is 0 Å². The van der Waals surface area contributed by atoms with Gasteiger partial charge < -0.3 is 15.2 Å². The molecule has 0 bridgehead atoms. The number of hydrogen-bond acceptors (Lipinski definition) is 7. The molecule has 0 saturated carbocycles. The van der Waals surface area contributed by atoms with Gasteiger partial charge in [-0.15, -0.1) is 11.8 Å². The molecule has 7 nitrogen and oxygen atoms in total. The van der Waals surface area contributed by atoms with Crippen molar-refractivity contribution >= 4 is 17.7 Å². The number of thioether (sulfide) groups is 1. The number of amides is 1. The van der Waals surface area contributed by atoms with Gasteiger partial charge in [0.1, 0.15) is 0 Å². The van der Waals surface area contributed by atoms with E-state index in [1.165, 1.54) is 11.8 Å². The average Bonchev–Trinajstić information content (AvgIpc) is 3.06. The van der Waals surface area contributed by atoms with Crippen LogP contribution < -0.4 is 10.6 Å². The fourth-order valence-corrected chi connectivity index (χ4v) is 3.56. The SMILES string of the molecule is Cc1noc(CSc2ccccc2C(=O)NCCN2CCNCC2)n1. The summed E-state index contributed by atoms with van der Waals surface area (Å²) in [5.74, 6) is 1.69. The lowest BCUT2D eigenvalue weighted by atomic mass is 10.2. The van der Waals surface area contributed by atoms with Gasteiger partial charge in [-0.05, 0) is 19.1 Å². The Balaban J connectivity index is 1.52. The van der Waals surface area contributed by atoms with Crippen LogP contribution in [-0.2, 0) is 5.75 Å². The van der Waals surface area contributed by atoms with Crippen molar-refractivity contribution < 1.29 is 9.32 Å². The molecule has 2 N–H and O–H groups in total. The summed E-state index contributed by atoms with van der Waals surface area (Å²) in [4.78, 5) is 20.0. The van der Waals surface area contributed by atoms with E-state index >= 15 is 0 Å². The van der Waals surface area contributed by atoms with Gasteiger partial charge in [-0.3, -0.25) is 9.69 Å². The predicted octanol–water partition coefficient (Wildman–Crippen LogP) is 1.31.